The van der Waals surface area contributed by atoms with Crippen LogP contribution in [0.15, 0.2) is 36.9 Å². The van der Waals surface area contributed by atoms with E-state index in [9.17, 15) is 14.3 Å². The third-order valence-corrected chi connectivity index (χ3v) is 6.03. The number of carbonyl (C=O) groups is 1. The highest BCUT2D eigenvalue weighted by Crippen LogP contribution is 2.42. The molecule has 4 rings (SSSR count). The molecule has 1 amide bonds. The lowest BCUT2D eigenvalue weighted by Gasteiger charge is -2.37. The van der Waals surface area contributed by atoms with Gasteiger partial charge in [-0.05, 0) is 24.3 Å². The van der Waals surface area contributed by atoms with Crippen molar-refractivity contribution in [2.45, 2.75) is 6.23 Å². The molecular weight excluding hydrogens is 468 g/mol. The molecule has 1 unspecified atom stereocenters. The molecule has 1 aromatic heterocycles. The Kier molecular flexibility index (Phi) is 6.65. The molecule has 3 N–H and O–H groups in total. The molecule has 0 aliphatic carbocycles. The zero-order valence-corrected chi connectivity index (χ0v) is 19.0. The van der Waals surface area contributed by atoms with Crippen molar-refractivity contribution in [3.63, 3.8) is 0 Å². The van der Waals surface area contributed by atoms with Gasteiger partial charge < -0.3 is 20.5 Å². The summed E-state index contributed by atoms with van der Waals surface area (Å²) >= 11 is 6.46. The van der Waals surface area contributed by atoms with Gasteiger partial charge >= 0.3 is 0 Å². The van der Waals surface area contributed by atoms with E-state index in [1.165, 1.54) is 31.4 Å². The number of ether oxygens (including phenoxy) is 1. The third-order valence-electron chi connectivity index (χ3n) is 5.73. The number of anilines is 1. The highest BCUT2D eigenvalue weighted by atomic mass is 35.5. The molecule has 1 aliphatic heterocycles. The summed E-state index contributed by atoms with van der Waals surface area (Å²) in [6, 6.07) is 5.51. The first-order valence-corrected chi connectivity index (χ1v) is 10.8. The van der Waals surface area contributed by atoms with Crippen molar-refractivity contribution in [2.24, 2.45) is 5.73 Å². The normalized spacial score (nSPS) is 15.4. The quantitative estimate of drug-likeness (QED) is 0.513. The molecule has 0 spiro atoms. The third kappa shape index (κ3) is 4.15. The second kappa shape index (κ2) is 9.49. The van der Waals surface area contributed by atoms with E-state index < -0.39 is 23.8 Å². The van der Waals surface area contributed by atoms with Crippen molar-refractivity contribution in [3.05, 3.63) is 59.4 Å². The number of aliphatic hydroxyl groups excluding tert-OH is 1. The van der Waals surface area contributed by atoms with Crippen molar-refractivity contribution >= 4 is 34.2 Å². The van der Waals surface area contributed by atoms with Crippen molar-refractivity contribution in [3.8, 4) is 16.9 Å². The van der Waals surface area contributed by atoms with Gasteiger partial charge in [-0.2, -0.15) is 0 Å². The second-order valence-electron chi connectivity index (χ2n) is 7.67. The Balaban J connectivity index is 1.90. The van der Waals surface area contributed by atoms with E-state index in [4.69, 9.17) is 22.1 Å². The highest BCUT2D eigenvalue weighted by molar-refractivity contribution is 6.34. The van der Waals surface area contributed by atoms with Crippen LogP contribution in [0, 0.1) is 11.6 Å². The Bertz CT molecular complexity index is 1280. The largest absolute Gasteiger partial charge is 0.496 e. The van der Waals surface area contributed by atoms with E-state index in [1.807, 2.05) is 4.90 Å². The van der Waals surface area contributed by atoms with Crippen LogP contribution in [0.25, 0.3) is 22.0 Å². The number of nitrogens with two attached hydrogens (primary N) is 1. The van der Waals surface area contributed by atoms with E-state index in [0.717, 1.165) is 6.07 Å². The molecule has 2 heterocycles. The first-order chi connectivity index (χ1) is 16.3. The number of carbonyl (C=O) groups excluding carboxylic acids is 1. The number of hydrogen-bond acceptors (Lipinski definition) is 7. The number of piperazine rings is 1. The Labute approximate surface area is 199 Å². The number of primary amides is 1. The van der Waals surface area contributed by atoms with Crippen LogP contribution < -0.4 is 15.4 Å². The average Bonchev–Trinajstić information content (AvgIpc) is 2.84. The molecule has 11 heteroatoms. The lowest BCUT2D eigenvalue weighted by Crippen LogP contribution is -2.50. The van der Waals surface area contributed by atoms with Crippen LogP contribution in [0.4, 0.5) is 14.6 Å². The molecule has 0 bridgehead atoms. The lowest BCUT2D eigenvalue weighted by molar-refractivity contribution is 0.0380. The number of rotatable bonds is 6. The zero-order valence-electron chi connectivity index (χ0n) is 18.3. The van der Waals surface area contributed by atoms with Crippen molar-refractivity contribution in [2.75, 3.05) is 38.2 Å². The van der Waals surface area contributed by atoms with Crippen LogP contribution in [0.2, 0.25) is 5.02 Å². The van der Waals surface area contributed by atoms with Crippen LogP contribution in [-0.4, -0.2) is 65.4 Å². The number of hydrogen-bond donors (Lipinski definition) is 2. The van der Waals surface area contributed by atoms with Gasteiger partial charge in [0.05, 0.1) is 17.7 Å². The fraction of sp³-hybridized carbons (Fsp3) is 0.261. The number of nitrogens with zero attached hydrogens (tertiary/aromatic N) is 4. The van der Waals surface area contributed by atoms with Gasteiger partial charge in [0.1, 0.15) is 29.1 Å². The summed E-state index contributed by atoms with van der Waals surface area (Å²) in [7, 11) is 1.33. The van der Waals surface area contributed by atoms with Crippen LogP contribution >= 0.6 is 11.6 Å². The molecule has 3 aromatic rings. The SMILES string of the molecule is C=CC(O)N1CCN(c2nc(C(N)=O)nc3c(F)c(-c4c(F)cccc4OC)c(Cl)cc23)CC1. The molecular formula is C23H22ClF2N5O3. The Morgan fingerprint density at radius 2 is 1.97 bits per heavy atom. The maximum Gasteiger partial charge on any atom is 0.286 e. The van der Waals surface area contributed by atoms with Crippen LogP contribution in [0.3, 0.4) is 0 Å². The van der Waals surface area contributed by atoms with Gasteiger partial charge in [-0.25, -0.2) is 18.7 Å². The van der Waals surface area contributed by atoms with E-state index in [0.29, 0.717) is 26.2 Å². The predicted octanol–water partition coefficient (Wildman–Crippen LogP) is 2.96. The molecule has 0 radical (unpaired) electrons. The maximum atomic E-state index is 15.9. The summed E-state index contributed by atoms with van der Waals surface area (Å²) in [5.74, 6) is -2.65. The van der Waals surface area contributed by atoms with Gasteiger partial charge in [0.2, 0.25) is 5.82 Å². The Morgan fingerprint density at radius 1 is 1.26 bits per heavy atom. The molecule has 2 aromatic carbocycles. The number of halogens is 3. The van der Waals surface area contributed by atoms with Gasteiger partial charge in [-0.1, -0.05) is 24.2 Å². The molecule has 1 fully saturated rings. The molecule has 1 saturated heterocycles. The molecule has 1 atom stereocenters. The van der Waals surface area contributed by atoms with E-state index in [2.05, 4.69) is 16.5 Å². The summed E-state index contributed by atoms with van der Waals surface area (Å²) in [5, 5.41) is 10.2. The Hall–Kier alpha value is -3.34. The second-order valence-corrected chi connectivity index (χ2v) is 8.08. The minimum atomic E-state index is -0.941. The monoisotopic (exact) mass is 489 g/mol. The number of aromatic nitrogens is 2. The fourth-order valence-corrected chi connectivity index (χ4v) is 4.31. The minimum absolute atomic E-state index is 0.0780. The van der Waals surface area contributed by atoms with Gasteiger partial charge in [0.25, 0.3) is 5.91 Å². The molecule has 34 heavy (non-hydrogen) atoms. The first-order valence-electron chi connectivity index (χ1n) is 10.4. The number of methoxy groups -OCH3 is 1. The van der Waals surface area contributed by atoms with Crippen LogP contribution in [-0.2, 0) is 0 Å². The number of aliphatic hydroxyl groups is 1. The number of fused-ring (bicyclic) bond motifs is 1. The summed E-state index contributed by atoms with van der Waals surface area (Å²) in [6.07, 6.45) is 0.630. The van der Waals surface area contributed by atoms with E-state index >= 15 is 4.39 Å². The summed E-state index contributed by atoms with van der Waals surface area (Å²) in [5.41, 5.74) is 4.78. The van der Waals surface area contributed by atoms with Crippen molar-refractivity contribution < 1.29 is 23.4 Å². The summed E-state index contributed by atoms with van der Waals surface area (Å²) in [4.78, 5) is 23.9. The highest BCUT2D eigenvalue weighted by Gasteiger charge is 2.28. The van der Waals surface area contributed by atoms with Crippen LogP contribution in [0.5, 0.6) is 5.75 Å². The van der Waals surface area contributed by atoms with Gasteiger partial charge in [-0.3, -0.25) is 9.69 Å². The summed E-state index contributed by atoms with van der Waals surface area (Å²) in [6.45, 7) is 5.34. The molecule has 1 aliphatic rings. The summed E-state index contributed by atoms with van der Waals surface area (Å²) < 4.78 is 35.8. The number of benzene rings is 2. The molecule has 8 nitrogen and oxygen atoms in total. The fourth-order valence-electron chi connectivity index (χ4n) is 4.02. The predicted molar refractivity (Wildman–Crippen MR) is 125 cm³/mol. The standard InChI is InChI=1S/C23H22ClF2N5O3/c1-3-16(32)30-7-9-31(10-8-30)23-12-11-13(24)17(18-14(25)5-4-6-15(18)34-2)19(26)20(12)28-22(29-23)21(27)33/h3-6,11,16,32H,1,7-10H2,2H3,(H2,27,33). The van der Waals surface area contributed by atoms with Gasteiger partial charge in [0, 0.05) is 37.1 Å². The average molecular weight is 490 g/mol. The number of amides is 1. The maximum absolute atomic E-state index is 15.9. The van der Waals surface area contributed by atoms with E-state index in [1.54, 1.807) is 4.90 Å². The Morgan fingerprint density at radius 3 is 2.59 bits per heavy atom. The lowest BCUT2D eigenvalue weighted by atomic mass is 10.0. The van der Waals surface area contributed by atoms with Gasteiger partial charge in [0.15, 0.2) is 5.82 Å². The van der Waals surface area contributed by atoms with E-state index in [-0.39, 0.29) is 44.4 Å². The van der Waals surface area contributed by atoms with Gasteiger partial charge in [-0.15, -0.1) is 0 Å². The van der Waals surface area contributed by atoms with Crippen molar-refractivity contribution in [1.29, 1.82) is 0 Å². The molecule has 178 valence electrons. The molecule has 0 saturated carbocycles. The first kappa shape index (κ1) is 23.8. The topological polar surface area (TPSA) is 105 Å². The van der Waals surface area contributed by atoms with Crippen molar-refractivity contribution in [1.82, 2.24) is 14.9 Å². The zero-order chi connectivity index (χ0) is 24.6. The van der Waals surface area contributed by atoms with Crippen LogP contribution in [0.1, 0.15) is 10.6 Å². The minimum Gasteiger partial charge on any atom is -0.496 e. The smallest absolute Gasteiger partial charge is 0.286 e.